The summed E-state index contributed by atoms with van der Waals surface area (Å²) in [5, 5.41) is 11.0. The number of carbonyl (C=O) groups is 1. The van der Waals surface area contributed by atoms with E-state index >= 15 is 0 Å². The maximum atomic E-state index is 13.9. The van der Waals surface area contributed by atoms with Crippen molar-refractivity contribution in [2.24, 2.45) is 0 Å². The van der Waals surface area contributed by atoms with Gasteiger partial charge < -0.3 is 10.0 Å². The maximum Gasteiger partial charge on any atom is 0.254 e. The molecule has 2 heterocycles. The molecule has 0 bridgehead atoms. The molecule has 1 aliphatic rings. The second kappa shape index (κ2) is 8.66. The van der Waals surface area contributed by atoms with E-state index in [9.17, 15) is 14.3 Å². The largest absolute Gasteiger partial charge is 0.389 e. The Morgan fingerprint density at radius 3 is 2.42 bits per heavy atom. The van der Waals surface area contributed by atoms with Gasteiger partial charge in [0.15, 0.2) is 5.69 Å². The molecule has 1 aromatic heterocycles. The number of nitrogens with zero attached hydrogens (tertiary/aromatic N) is 3. The number of benzene rings is 2. The molecule has 0 atom stereocenters. The van der Waals surface area contributed by atoms with Gasteiger partial charge in [0.2, 0.25) is 0 Å². The van der Waals surface area contributed by atoms with Gasteiger partial charge in [-0.15, -0.1) is 0 Å². The van der Waals surface area contributed by atoms with Gasteiger partial charge in [0.05, 0.1) is 12.2 Å². The number of amides is 1. The van der Waals surface area contributed by atoms with Crippen molar-refractivity contribution in [2.75, 3.05) is 13.1 Å². The van der Waals surface area contributed by atoms with Crippen LogP contribution in [0.4, 0.5) is 10.1 Å². The average molecular weight is 415 g/mol. The Hall–Kier alpha value is -3.56. The van der Waals surface area contributed by atoms with Gasteiger partial charge in [0, 0.05) is 37.5 Å². The monoisotopic (exact) mass is 415 g/mol. The SMILES string of the molecule is [C-]#[N+]c1ccc(CC2(O)CCN(C(=O)c3ccc(F)cc3-c3ccncc3)CC2)cc1. The number of carbonyl (C=O) groups excluding carboxylic acids is 1. The second-order valence-electron chi connectivity index (χ2n) is 7.90. The van der Waals surface area contributed by atoms with E-state index in [1.54, 1.807) is 41.6 Å². The molecule has 6 heteroatoms. The van der Waals surface area contributed by atoms with Crippen molar-refractivity contribution in [1.82, 2.24) is 9.88 Å². The van der Waals surface area contributed by atoms with Gasteiger partial charge in [-0.3, -0.25) is 9.78 Å². The van der Waals surface area contributed by atoms with Crippen LogP contribution in [0.5, 0.6) is 0 Å². The van der Waals surface area contributed by atoms with Crippen LogP contribution >= 0.6 is 0 Å². The predicted molar refractivity (Wildman–Crippen MR) is 116 cm³/mol. The normalized spacial score (nSPS) is 15.3. The molecule has 1 amide bonds. The molecule has 5 nitrogen and oxygen atoms in total. The number of piperidine rings is 1. The Labute approximate surface area is 180 Å². The molecule has 0 saturated carbocycles. The minimum absolute atomic E-state index is 0.171. The van der Waals surface area contributed by atoms with Gasteiger partial charge in [0.25, 0.3) is 5.91 Å². The summed E-state index contributed by atoms with van der Waals surface area (Å²) < 4.78 is 13.9. The third-order valence-corrected chi connectivity index (χ3v) is 5.78. The number of hydrogen-bond donors (Lipinski definition) is 1. The van der Waals surface area contributed by atoms with Gasteiger partial charge in [-0.05, 0) is 59.9 Å². The zero-order valence-electron chi connectivity index (χ0n) is 17.0. The molecule has 156 valence electrons. The fraction of sp³-hybridized carbons (Fsp3) is 0.240. The maximum absolute atomic E-state index is 13.9. The fourth-order valence-electron chi connectivity index (χ4n) is 4.01. The highest BCUT2D eigenvalue weighted by atomic mass is 19.1. The number of pyridine rings is 1. The van der Waals surface area contributed by atoms with Crippen molar-refractivity contribution in [1.29, 1.82) is 0 Å². The number of halogens is 1. The highest BCUT2D eigenvalue weighted by Crippen LogP contribution is 2.30. The van der Waals surface area contributed by atoms with E-state index in [0.717, 1.165) is 11.1 Å². The molecule has 0 radical (unpaired) electrons. The number of likely N-dealkylation sites (tertiary alicyclic amines) is 1. The van der Waals surface area contributed by atoms with Crippen LogP contribution in [-0.2, 0) is 6.42 Å². The van der Waals surface area contributed by atoms with Gasteiger partial charge in [-0.2, -0.15) is 0 Å². The third kappa shape index (κ3) is 4.62. The van der Waals surface area contributed by atoms with E-state index in [0.29, 0.717) is 49.2 Å². The summed E-state index contributed by atoms with van der Waals surface area (Å²) in [6, 6.07) is 14.9. The summed E-state index contributed by atoms with van der Waals surface area (Å²) in [6.07, 6.45) is 4.61. The van der Waals surface area contributed by atoms with Crippen molar-refractivity contribution in [3.63, 3.8) is 0 Å². The Kier molecular flexibility index (Phi) is 5.79. The minimum Gasteiger partial charge on any atom is -0.389 e. The second-order valence-corrected chi connectivity index (χ2v) is 7.90. The van der Waals surface area contributed by atoms with Crippen LogP contribution in [-0.4, -0.2) is 39.6 Å². The van der Waals surface area contributed by atoms with Crippen LogP contribution in [0.25, 0.3) is 16.0 Å². The first-order valence-electron chi connectivity index (χ1n) is 10.2. The zero-order chi connectivity index (χ0) is 21.8. The van der Waals surface area contributed by atoms with Crippen LogP contribution in [0, 0.1) is 12.4 Å². The molecule has 0 unspecified atom stereocenters. The molecule has 3 aromatic rings. The standard InChI is InChI=1S/C25H22FN3O2/c1-27-21-5-2-18(3-6-21)17-25(31)10-14-29(15-11-25)24(30)22-7-4-20(26)16-23(22)19-8-12-28-13-9-19/h2-9,12-13,16,31H,10-11,14-15,17H2. The lowest BCUT2D eigenvalue weighted by molar-refractivity contribution is -0.0162. The summed E-state index contributed by atoms with van der Waals surface area (Å²) in [7, 11) is 0. The topological polar surface area (TPSA) is 57.8 Å². The average Bonchev–Trinajstić information content (AvgIpc) is 2.80. The predicted octanol–water partition coefficient (Wildman–Crippen LogP) is 4.65. The van der Waals surface area contributed by atoms with Crippen molar-refractivity contribution in [2.45, 2.75) is 24.9 Å². The van der Waals surface area contributed by atoms with Gasteiger partial charge in [-0.1, -0.05) is 24.3 Å². The smallest absolute Gasteiger partial charge is 0.254 e. The highest BCUT2D eigenvalue weighted by Gasteiger charge is 2.34. The molecule has 1 aliphatic heterocycles. The van der Waals surface area contributed by atoms with E-state index in [1.165, 1.54) is 18.2 Å². The van der Waals surface area contributed by atoms with E-state index < -0.39 is 11.4 Å². The first-order valence-corrected chi connectivity index (χ1v) is 10.2. The van der Waals surface area contributed by atoms with Crippen molar-refractivity contribution >= 4 is 11.6 Å². The van der Waals surface area contributed by atoms with E-state index in [1.807, 2.05) is 12.1 Å². The Bertz CT molecular complexity index is 1120. The van der Waals surface area contributed by atoms with Gasteiger partial charge >= 0.3 is 0 Å². The lowest BCUT2D eigenvalue weighted by Crippen LogP contribution is -2.47. The minimum atomic E-state index is -0.896. The zero-order valence-corrected chi connectivity index (χ0v) is 17.0. The molecule has 1 saturated heterocycles. The molecular weight excluding hydrogens is 393 g/mol. The summed E-state index contributed by atoms with van der Waals surface area (Å²) in [6.45, 7) is 7.87. The van der Waals surface area contributed by atoms with Crippen LogP contribution in [0.1, 0.15) is 28.8 Å². The van der Waals surface area contributed by atoms with Crippen molar-refractivity contribution in [3.05, 3.63) is 95.4 Å². The summed E-state index contributed by atoms with van der Waals surface area (Å²) in [5.41, 5.74) is 2.34. The molecule has 1 fully saturated rings. The molecular formula is C25H22FN3O2. The van der Waals surface area contributed by atoms with Crippen molar-refractivity contribution in [3.8, 4) is 11.1 Å². The molecule has 31 heavy (non-hydrogen) atoms. The first-order chi connectivity index (χ1) is 15.0. The lowest BCUT2D eigenvalue weighted by Gasteiger charge is -2.38. The molecule has 4 rings (SSSR count). The summed E-state index contributed by atoms with van der Waals surface area (Å²) in [4.78, 5) is 22.3. The molecule has 1 N–H and O–H groups in total. The van der Waals surface area contributed by atoms with Gasteiger partial charge in [-0.25, -0.2) is 9.24 Å². The number of rotatable bonds is 4. The fourth-order valence-corrected chi connectivity index (χ4v) is 4.01. The molecule has 0 aliphatic carbocycles. The Morgan fingerprint density at radius 2 is 1.77 bits per heavy atom. The summed E-state index contributed by atoms with van der Waals surface area (Å²) in [5.74, 6) is -0.573. The number of aromatic nitrogens is 1. The van der Waals surface area contributed by atoms with E-state index in [2.05, 4.69) is 9.83 Å². The van der Waals surface area contributed by atoms with E-state index in [-0.39, 0.29) is 5.91 Å². The molecule has 2 aromatic carbocycles. The Morgan fingerprint density at radius 1 is 1.10 bits per heavy atom. The van der Waals surface area contributed by atoms with Crippen molar-refractivity contribution < 1.29 is 14.3 Å². The highest BCUT2D eigenvalue weighted by molar-refractivity contribution is 6.01. The van der Waals surface area contributed by atoms with Crippen LogP contribution < -0.4 is 0 Å². The van der Waals surface area contributed by atoms with Crippen LogP contribution in [0.2, 0.25) is 0 Å². The number of hydrogen-bond acceptors (Lipinski definition) is 3. The third-order valence-electron chi connectivity index (χ3n) is 5.78. The number of aliphatic hydroxyl groups is 1. The summed E-state index contributed by atoms with van der Waals surface area (Å²) >= 11 is 0. The Balaban J connectivity index is 1.48. The van der Waals surface area contributed by atoms with Crippen LogP contribution in [0.15, 0.2) is 67.0 Å². The quantitative estimate of drug-likeness (QED) is 0.631. The van der Waals surface area contributed by atoms with E-state index in [4.69, 9.17) is 6.57 Å². The molecule has 0 spiro atoms. The first kappa shape index (κ1) is 20.7. The van der Waals surface area contributed by atoms with Gasteiger partial charge in [0.1, 0.15) is 5.82 Å². The van der Waals surface area contributed by atoms with Crippen LogP contribution in [0.3, 0.4) is 0 Å². The lowest BCUT2D eigenvalue weighted by atomic mass is 9.85.